The molecule has 3 aromatic rings. The molecule has 122 valence electrons. The third-order valence-electron chi connectivity index (χ3n) is 3.27. The van der Waals surface area contributed by atoms with Crippen molar-refractivity contribution in [1.82, 2.24) is 5.32 Å². The Morgan fingerprint density at radius 1 is 1.08 bits per heavy atom. The molecule has 0 radical (unpaired) electrons. The van der Waals surface area contributed by atoms with E-state index in [4.69, 9.17) is 23.2 Å². The summed E-state index contributed by atoms with van der Waals surface area (Å²) in [6, 6.07) is 10.2. The molecule has 0 saturated heterocycles. The second kappa shape index (κ2) is 7.49. The minimum absolute atomic E-state index is 0.00304. The summed E-state index contributed by atoms with van der Waals surface area (Å²) >= 11 is 14.8. The van der Waals surface area contributed by atoms with Crippen LogP contribution in [0.3, 0.4) is 0 Å². The summed E-state index contributed by atoms with van der Waals surface area (Å²) in [7, 11) is 0. The Morgan fingerprint density at radius 3 is 2.67 bits per heavy atom. The van der Waals surface area contributed by atoms with E-state index >= 15 is 0 Å². The predicted molar refractivity (Wildman–Crippen MR) is 99.7 cm³/mol. The van der Waals surface area contributed by atoms with Crippen molar-refractivity contribution in [3.05, 3.63) is 78.1 Å². The van der Waals surface area contributed by atoms with Crippen molar-refractivity contribution >= 4 is 57.6 Å². The molecule has 24 heavy (non-hydrogen) atoms. The summed E-state index contributed by atoms with van der Waals surface area (Å²) < 4.78 is 0. The van der Waals surface area contributed by atoms with Crippen LogP contribution in [0, 0.1) is 0 Å². The van der Waals surface area contributed by atoms with Crippen molar-refractivity contribution in [2.75, 3.05) is 0 Å². The van der Waals surface area contributed by atoms with Crippen LogP contribution in [0.25, 0.3) is 0 Å². The molecule has 0 aliphatic heterocycles. The van der Waals surface area contributed by atoms with E-state index in [2.05, 4.69) is 5.32 Å². The van der Waals surface area contributed by atoms with Gasteiger partial charge in [0.05, 0.1) is 22.0 Å². The molecule has 0 aliphatic rings. The van der Waals surface area contributed by atoms with Crippen LogP contribution >= 0.6 is 45.9 Å². The Hall–Kier alpha value is -1.66. The van der Waals surface area contributed by atoms with Crippen LogP contribution in [0.1, 0.15) is 30.5 Å². The number of ketones is 1. The van der Waals surface area contributed by atoms with Gasteiger partial charge in [0, 0.05) is 20.8 Å². The lowest BCUT2D eigenvalue weighted by atomic mass is 10.2. The number of carbonyl (C=O) groups is 2. The van der Waals surface area contributed by atoms with Crippen LogP contribution in [0.2, 0.25) is 10.0 Å². The second-order valence-corrected chi connectivity index (χ2v) is 7.71. The lowest BCUT2D eigenvalue weighted by molar-refractivity contribution is 0.0951. The number of rotatable bonds is 5. The van der Waals surface area contributed by atoms with Gasteiger partial charge in [-0.2, -0.15) is 11.3 Å². The molecule has 0 aliphatic carbocycles. The highest BCUT2D eigenvalue weighted by molar-refractivity contribution is 7.14. The van der Waals surface area contributed by atoms with Crippen molar-refractivity contribution in [2.45, 2.75) is 6.54 Å². The molecule has 1 amide bonds. The van der Waals surface area contributed by atoms with Crippen molar-refractivity contribution in [1.29, 1.82) is 0 Å². The zero-order chi connectivity index (χ0) is 17.1. The molecule has 1 N–H and O–H groups in total. The topological polar surface area (TPSA) is 46.2 Å². The quantitative estimate of drug-likeness (QED) is 0.597. The highest BCUT2D eigenvalue weighted by Gasteiger charge is 2.14. The molecule has 2 aromatic heterocycles. The monoisotopic (exact) mass is 395 g/mol. The van der Waals surface area contributed by atoms with E-state index in [9.17, 15) is 9.59 Å². The highest BCUT2D eigenvalue weighted by Crippen LogP contribution is 2.23. The van der Waals surface area contributed by atoms with Gasteiger partial charge in [-0.1, -0.05) is 23.2 Å². The smallest absolute Gasteiger partial charge is 0.253 e. The second-order valence-electron chi connectivity index (χ2n) is 4.91. The first kappa shape index (κ1) is 17.2. The molecule has 0 atom stereocenters. The Labute approximate surface area is 156 Å². The standard InChI is InChI=1S/C17H11Cl2NO2S2/c18-11-1-3-14(19)13(7-11)17(22)20-8-12-2-4-15(24-12)16(21)10-5-6-23-9-10/h1-7,9H,8H2,(H,20,22). The molecule has 2 heterocycles. The zero-order valence-electron chi connectivity index (χ0n) is 12.2. The summed E-state index contributed by atoms with van der Waals surface area (Å²) in [5, 5.41) is 7.28. The lowest BCUT2D eigenvalue weighted by Crippen LogP contribution is -2.22. The van der Waals surface area contributed by atoms with Crippen LogP contribution in [0.5, 0.6) is 0 Å². The van der Waals surface area contributed by atoms with Crippen molar-refractivity contribution in [2.24, 2.45) is 0 Å². The minimum Gasteiger partial charge on any atom is -0.347 e. The normalized spacial score (nSPS) is 10.6. The van der Waals surface area contributed by atoms with E-state index in [0.717, 1.165) is 4.88 Å². The maximum absolute atomic E-state index is 12.3. The first-order chi connectivity index (χ1) is 11.5. The highest BCUT2D eigenvalue weighted by atomic mass is 35.5. The number of hydrogen-bond acceptors (Lipinski definition) is 4. The molecule has 3 nitrogen and oxygen atoms in total. The Kier molecular flexibility index (Phi) is 5.36. The number of thiophene rings is 2. The number of benzene rings is 1. The molecule has 0 spiro atoms. The van der Waals surface area contributed by atoms with E-state index in [1.54, 1.807) is 24.3 Å². The van der Waals surface area contributed by atoms with Gasteiger partial charge in [-0.25, -0.2) is 0 Å². The molecule has 1 aromatic carbocycles. The first-order valence-corrected chi connectivity index (χ1v) is 9.45. The number of hydrogen-bond donors (Lipinski definition) is 1. The van der Waals surface area contributed by atoms with Crippen molar-refractivity contribution < 1.29 is 9.59 Å². The van der Waals surface area contributed by atoms with Gasteiger partial charge in [0.1, 0.15) is 0 Å². The molecule has 0 fully saturated rings. The summed E-state index contributed by atoms with van der Waals surface area (Å²) in [5.41, 5.74) is 1.01. The fourth-order valence-electron chi connectivity index (χ4n) is 2.07. The molecular formula is C17H11Cl2NO2S2. The summed E-state index contributed by atoms with van der Waals surface area (Å²) in [4.78, 5) is 26.0. The Balaban J connectivity index is 1.66. The molecule has 7 heteroatoms. The minimum atomic E-state index is -0.304. The van der Waals surface area contributed by atoms with E-state index in [1.165, 1.54) is 28.7 Å². The molecule has 0 saturated carbocycles. The number of amides is 1. The average Bonchev–Trinajstić information content (AvgIpc) is 3.26. The Bertz CT molecular complexity index is 888. The summed E-state index contributed by atoms with van der Waals surface area (Å²) in [6.45, 7) is 0.323. The summed E-state index contributed by atoms with van der Waals surface area (Å²) in [5.74, 6) is -0.307. The number of carbonyl (C=O) groups excluding carboxylic acids is 2. The lowest BCUT2D eigenvalue weighted by Gasteiger charge is -2.06. The van der Waals surface area contributed by atoms with E-state index in [-0.39, 0.29) is 11.7 Å². The number of halogens is 2. The number of nitrogens with one attached hydrogen (secondary N) is 1. The SMILES string of the molecule is O=C(c1ccsc1)c1ccc(CNC(=O)c2cc(Cl)ccc2Cl)s1. The molecular weight excluding hydrogens is 385 g/mol. The molecule has 3 rings (SSSR count). The maximum atomic E-state index is 12.3. The van der Waals surface area contributed by atoms with Crippen LogP contribution in [0.4, 0.5) is 0 Å². The maximum Gasteiger partial charge on any atom is 0.253 e. The van der Waals surface area contributed by atoms with Gasteiger partial charge in [-0.15, -0.1) is 11.3 Å². The predicted octanol–water partition coefficient (Wildman–Crippen LogP) is 5.28. The fraction of sp³-hybridized carbons (Fsp3) is 0.0588. The first-order valence-electron chi connectivity index (χ1n) is 6.93. The van der Waals surface area contributed by atoms with Gasteiger partial charge in [-0.3, -0.25) is 9.59 Å². The van der Waals surface area contributed by atoms with Gasteiger partial charge >= 0.3 is 0 Å². The third kappa shape index (κ3) is 3.87. The van der Waals surface area contributed by atoms with Gasteiger partial charge in [0.15, 0.2) is 0 Å². The van der Waals surface area contributed by atoms with Gasteiger partial charge in [-0.05, 0) is 41.8 Å². The average molecular weight is 396 g/mol. The van der Waals surface area contributed by atoms with Crippen LogP contribution in [0.15, 0.2) is 47.2 Å². The van der Waals surface area contributed by atoms with Crippen molar-refractivity contribution in [3.8, 4) is 0 Å². The summed E-state index contributed by atoms with van der Waals surface area (Å²) in [6.07, 6.45) is 0. The van der Waals surface area contributed by atoms with Crippen LogP contribution in [-0.2, 0) is 6.54 Å². The van der Waals surface area contributed by atoms with Gasteiger partial charge in [0.25, 0.3) is 5.91 Å². The van der Waals surface area contributed by atoms with Gasteiger partial charge in [0.2, 0.25) is 5.78 Å². The van der Waals surface area contributed by atoms with Crippen LogP contribution < -0.4 is 5.32 Å². The third-order valence-corrected chi connectivity index (χ3v) is 5.60. The zero-order valence-corrected chi connectivity index (χ0v) is 15.4. The largest absolute Gasteiger partial charge is 0.347 e. The van der Waals surface area contributed by atoms with E-state index in [0.29, 0.717) is 32.6 Å². The fourth-order valence-corrected chi connectivity index (χ4v) is 3.99. The molecule has 0 bridgehead atoms. The van der Waals surface area contributed by atoms with Crippen LogP contribution in [-0.4, -0.2) is 11.7 Å². The van der Waals surface area contributed by atoms with E-state index < -0.39 is 0 Å². The van der Waals surface area contributed by atoms with Gasteiger partial charge < -0.3 is 5.32 Å². The Morgan fingerprint density at radius 2 is 1.92 bits per heavy atom. The molecule has 0 unspecified atom stereocenters. The van der Waals surface area contributed by atoms with Crippen molar-refractivity contribution in [3.63, 3.8) is 0 Å². The van der Waals surface area contributed by atoms with E-state index in [1.807, 2.05) is 16.8 Å².